The van der Waals surface area contributed by atoms with Crippen molar-refractivity contribution in [2.24, 2.45) is 11.1 Å². The third-order valence-electron chi connectivity index (χ3n) is 8.83. The van der Waals surface area contributed by atoms with E-state index in [9.17, 15) is 30.0 Å². The van der Waals surface area contributed by atoms with E-state index in [0.717, 1.165) is 17.0 Å². The maximum Gasteiger partial charge on any atom is 0.501 e. The lowest BCUT2D eigenvalue weighted by Crippen LogP contribution is -2.67. The molecule has 0 saturated carbocycles. The van der Waals surface area contributed by atoms with E-state index in [2.05, 4.69) is 49.9 Å². The van der Waals surface area contributed by atoms with Gasteiger partial charge in [-0.15, -0.1) is 11.8 Å². The molecule has 7 nitrogen and oxygen atoms in total. The number of nitrogens with two attached hydrogens (primary N) is 1. The zero-order valence-corrected chi connectivity index (χ0v) is 32.6. The largest absolute Gasteiger partial charge is 0.501 e. The second-order valence-corrected chi connectivity index (χ2v) is 22.4. The van der Waals surface area contributed by atoms with E-state index in [1.54, 1.807) is 0 Å². The van der Waals surface area contributed by atoms with Crippen LogP contribution >= 0.6 is 11.8 Å². The molecule has 0 unspecified atom stereocenters. The number of hydrogen-bond donors (Lipinski definition) is 1. The fourth-order valence-electron chi connectivity index (χ4n) is 6.17. The molecule has 2 N–H and O–H groups in total. The average molecular weight is 779 g/mol. The summed E-state index contributed by atoms with van der Waals surface area (Å²) in [5.74, 6) is 0.219. The monoisotopic (exact) mass is 778 g/mol. The van der Waals surface area contributed by atoms with Crippen molar-refractivity contribution in [3.05, 3.63) is 115 Å². The van der Waals surface area contributed by atoms with E-state index < -0.39 is 43.5 Å². The molecule has 0 bridgehead atoms. The Labute approximate surface area is 305 Å². The van der Waals surface area contributed by atoms with E-state index in [0.29, 0.717) is 37.9 Å². The predicted octanol–water partition coefficient (Wildman–Crippen LogP) is 6.48. The molecule has 0 aliphatic rings. The van der Waals surface area contributed by atoms with Gasteiger partial charge in [-0.25, -0.2) is 22.0 Å². The third-order valence-corrected chi connectivity index (χ3v) is 17.6. The standard InChI is InChI=1S/C37H45F3N2O5S3Si/c1-36(2,3)51(33-16-10-6-11-17-33,34-18-12-7-13-19-34)47-25-24-42(4)23-22-29(28-48-31-14-8-5-9-15-31)26-30-20-21-32(50(41,45)46)27-35(30)49(43,44)37(38,39)40/h5-21,27,29H,22-26,28H2,1-4H3,(H2,41,45,46)/t29-/m0/s1. The van der Waals surface area contributed by atoms with Crippen LogP contribution in [-0.2, 0) is 30.7 Å². The molecule has 4 rings (SSSR count). The first-order valence-electron chi connectivity index (χ1n) is 16.4. The number of sulfonamides is 1. The number of nitrogens with zero attached hydrogens (tertiary/aromatic N) is 1. The Kier molecular flexibility index (Phi) is 13.4. The van der Waals surface area contributed by atoms with Crippen molar-refractivity contribution in [3.63, 3.8) is 0 Å². The number of alkyl halides is 3. The number of thioether (sulfide) groups is 1. The lowest BCUT2D eigenvalue weighted by Gasteiger charge is -2.43. The summed E-state index contributed by atoms with van der Waals surface area (Å²) in [6, 6.07) is 32.8. The van der Waals surface area contributed by atoms with Crippen LogP contribution in [0.5, 0.6) is 0 Å². The molecule has 0 spiro atoms. The average Bonchev–Trinajstić information content (AvgIpc) is 3.07. The molecule has 0 aliphatic heterocycles. The summed E-state index contributed by atoms with van der Waals surface area (Å²) in [6.45, 7) is 8.21. The topological polar surface area (TPSA) is 107 Å². The van der Waals surface area contributed by atoms with Crippen molar-refractivity contribution in [1.82, 2.24) is 4.90 Å². The molecule has 0 amide bonds. The fraction of sp³-hybridized carbons (Fsp3) is 0.351. The van der Waals surface area contributed by atoms with Crippen molar-refractivity contribution in [3.8, 4) is 0 Å². The van der Waals surface area contributed by atoms with Crippen molar-refractivity contribution in [2.75, 3.05) is 32.5 Å². The van der Waals surface area contributed by atoms with Gasteiger partial charge in [0.2, 0.25) is 10.0 Å². The van der Waals surface area contributed by atoms with Crippen LogP contribution in [-0.4, -0.2) is 68.1 Å². The fourth-order valence-corrected chi connectivity index (χ4v) is 13.4. The van der Waals surface area contributed by atoms with Gasteiger partial charge >= 0.3 is 5.51 Å². The van der Waals surface area contributed by atoms with E-state index >= 15 is 0 Å². The zero-order chi connectivity index (χ0) is 37.5. The first-order chi connectivity index (χ1) is 23.9. The maximum absolute atomic E-state index is 13.8. The molecule has 0 aliphatic carbocycles. The van der Waals surface area contributed by atoms with Crippen LogP contribution in [0.15, 0.2) is 124 Å². The third kappa shape index (κ3) is 10.1. The van der Waals surface area contributed by atoms with Crippen LogP contribution in [0.1, 0.15) is 32.8 Å². The lowest BCUT2D eigenvalue weighted by atomic mass is 9.97. The summed E-state index contributed by atoms with van der Waals surface area (Å²) in [6.07, 6.45) is 0.500. The molecule has 0 radical (unpaired) electrons. The second-order valence-electron chi connectivity index (χ2n) is 13.6. The smallest absolute Gasteiger partial charge is 0.406 e. The van der Waals surface area contributed by atoms with E-state index in [-0.39, 0.29) is 22.9 Å². The van der Waals surface area contributed by atoms with E-state index in [4.69, 9.17) is 9.56 Å². The van der Waals surface area contributed by atoms with Gasteiger partial charge in [-0.1, -0.05) is 106 Å². The van der Waals surface area contributed by atoms with Crippen molar-refractivity contribution in [1.29, 1.82) is 0 Å². The van der Waals surface area contributed by atoms with Crippen molar-refractivity contribution >= 4 is 50.3 Å². The molecular formula is C37H45F3N2O5S3Si. The van der Waals surface area contributed by atoms with Crippen molar-refractivity contribution in [2.45, 2.75) is 58.8 Å². The molecule has 0 saturated heterocycles. The number of likely N-dealkylation sites (N-methyl/N-ethyl adjacent to an activating group) is 1. The highest BCUT2D eigenvalue weighted by molar-refractivity contribution is 7.99. The Hall–Kier alpha value is -2.98. The molecule has 276 valence electrons. The zero-order valence-electron chi connectivity index (χ0n) is 29.1. The summed E-state index contributed by atoms with van der Waals surface area (Å²) >= 11 is 1.52. The number of rotatable bonds is 16. The van der Waals surface area contributed by atoms with Gasteiger partial charge in [0, 0.05) is 23.8 Å². The molecule has 0 heterocycles. The number of benzene rings is 4. The van der Waals surface area contributed by atoms with Gasteiger partial charge in [0.25, 0.3) is 18.2 Å². The van der Waals surface area contributed by atoms with Crippen molar-refractivity contribution < 1.29 is 34.4 Å². The molecule has 0 aromatic heterocycles. The van der Waals surface area contributed by atoms with Crippen LogP contribution in [0.3, 0.4) is 0 Å². The van der Waals surface area contributed by atoms with Crippen LogP contribution in [0, 0.1) is 5.92 Å². The minimum absolute atomic E-state index is 0.0260. The van der Waals surface area contributed by atoms with Gasteiger partial charge in [-0.2, -0.15) is 13.2 Å². The Morgan fingerprint density at radius 1 is 0.804 bits per heavy atom. The molecule has 1 atom stereocenters. The number of primary sulfonamides is 1. The summed E-state index contributed by atoms with van der Waals surface area (Å²) < 4.78 is 97.7. The molecule has 4 aromatic carbocycles. The van der Waals surface area contributed by atoms with Crippen LogP contribution < -0.4 is 15.5 Å². The van der Waals surface area contributed by atoms with Gasteiger partial charge in [-0.3, -0.25) is 0 Å². The molecular weight excluding hydrogens is 734 g/mol. The molecule has 4 aromatic rings. The maximum atomic E-state index is 13.8. The van der Waals surface area contributed by atoms with Crippen LogP contribution in [0.25, 0.3) is 0 Å². The normalized spacial score (nSPS) is 13.7. The number of halogens is 3. The van der Waals surface area contributed by atoms with Gasteiger partial charge in [0.05, 0.1) is 9.79 Å². The molecule has 14 heteroatoms. The Morgan fingerprint density at radius 3 is 1.82 bits per heavy atom. The Balaban J connectivity index is 1.56. The van der Waals surface area contributed by atoms with Crippen LogP contribution in [0.2, 0.25) is 5.04 Å². The summed E-state index contributed by atoms with van der Waals surface area (Å²) in [5.41, 5.74) is -5.74. The number of hydrogen-bond acceptors (Lipinski definition) is 7. The first kappa shape index (κ1) is 40.8. The quantitative estimate of drug-likeness (QED) is 0.103. The van der Waals surface area contributed by atoms with E-state index in [1.807, 2.05) is 73.8 Å². The summed E-state index contributed by atoms with van der Waals surface area (Å²) in [7, 11) is -11.1. The SMILES string of the molecule is CN(CCO[Si](c1ccccc1)(c1ccccc1)C(C)(C)C)CC[C@H](CSc1ccccc1)Cc1ccc(S(N)(=O)=O)cc1S(=O)(=O)C(F)(F)F. The minimum Gasteiger partial charge on any atom is -0.406 e. The van der Waals surface area contributed by atoms with Crippen LogP contribution in [0.4, 0.5) is 13.2 Å². The molecule has 0 fully saturated rings. The summed E-state index contributed by atoms with van der Waals surface area (Å²) in [4.78, 5) is 1.27. The van der Waals surface area contributed by atoms with Gasteiger partial charge in [0.1, 0.15) is 0 Å². The second kappa shape index (κ2) is 16.8. The highest BCUT2D eigenvalue weighted by Gasteiger charge is 2.50. The Morgan fingerprint density at radius 2 is 1.33 bits per heavy atom. The summed E-state index contributed by atoms with van der Waals surface area (Å²) in [5, 5.41) is 7.30. The van der Waals surface area contributed by atoms with Gasteiger partial charge < -0.3 is 9.33 Å². The van der Waals surface area contributed by atoms with Gasteiger partial charge in [0.15, 0.2) is 0 Å². The predicted molar refractivity (Wildman–Crippen MR) is 201 cm³/mol. The first-order valence-corrected chi connectivity index (χ1v) is 22.4. The highest BCUT2D eigenvalue weighted by atomic mass is 32.2. The Bertz CT molecular complexity index is 1900. The van der Waals surface area contributed by atoms with E-state index in [1.165, 1.54) is 22.1 Å². The minimum atomic E-state index is -5.87. The molecule has 51 heavy (non-hydrogen) atoms. The van der Waals surface area contributed by atoms with Gasteiger partial charge in [-0.05, 0) is 77.6 Å². The highest BCUT2D eigenvalue weighted by Crippen LogP contribution is 2.37. The number of sulfone groups is 1. The lowest BCUT2D eigenvalue weighted by molar-refractivity contribution is -0.0436.